The lowest BCUT2D eigenvalue weighted by Gasteiger charge is -2.29. The van der Waals surface area contributed by atoms with Crippen molar-refractivity contribution in [1.82, 2.24) is 19.6 Å². The highest BCUT2D eigenvalue weighted by Gasteiger charge is 2.31. The van der Waals surface area contributed by atoms with Crippen LogP contribution in [-0.2, 0) is 6.54 Å². The highest BCUT2D eigenvalue weighted by Crippen LogP contribution is 2.37. The van der Waals surface area contributed by atoms with E-state index in [1.54, 1.807) is 25.4 Å². The molecule has 1 aliphatic rings. The van der Waals surface area contributed by atoms with Crippen molar-refractivity contribution in [2.75, 3.05) is 18.6 Å². The van der Waals surface area contributed by atoms with Crippen LogP contribution in [0.25, 0.3) is 11.3 Å². The van der Waals surface area contributed by atoms with Gasteiger partial charge in [0.05, 0.1) is 24.1 Å². The second kappa shape index (κ2) is 7.14. The molecule has 146 valence electrons. The third kappa shape index (κ3) is 2.96. The first-order valence-corrected chi connectivity index (χ1v) is 9.58. The first-order chi connectivity index (χ1) is 13.5. The van der Waals surface area contributed by atoms with Crippen LogP contribution >= 0.6 is 0 Å². The average molecular weight is 379 g/mol. The zero-order valence-corrected chi connectivity index (χ0v) is 16.7. The van der Waals surface area contributed by atoms with Crippen LogP contribution in [-0.4, -0.2) is 39.1 Å². The smallest absolute Gasteiger partial charge is 0.259 e. The van der Waals surface area contributed by atoms with E-state index in [1.807, 2.05) is 39.4 Å². The quantitative estimate of drug-likeness (QED) is 0.693. The highest BCUT2D eigenvalue weighted by atomic mass is 16.5. The molecule has 0 spiro atoms. The molecule has 3 aromatic rings. The standard InChI is InChI=1S/C21H25N5O2/c1-14(2)26-18(10-11-22-26)19-15(3)23-25-13-5-12-24(20(19)25)21(27)16-6-8-17(28-4)9-7-16/h6-11,14H,5,12-13H2,1-4H3. The van der Waals surface area contributed by atoms with Crippen LogP contribution < -0.4 is 9.64 Å². The Labute approximate surface area is 164 Å². The topological polar surface area (TPSA) is 65.2 Å². The molecular weight excluding hydrogens is 354 g/mol. The maximum Gasteiger partial charge on any atom is 0.259 e. The van der Waals surface area contributed by atoms with Gasteiger partial charge in [0, 0.05) is 30.9 Å². The Bertz CT molecular complexity index is 1000. The van der Waals surface area contributed by atoms with Crippen molar-refractivity contribution in [2.45, 2.75) is 39.8 Å². The summed E-state index contributed by atoms with van der Waals surface area (Å²) in [4.78, 5) is 15.2. The molecule has 0 bridgehead atoms. The molecule has 0 N–H and O–H groups in total. The number of carbonyl (C=O) groups excluding carboxylic acids is 1. The maximum absolute atomic E-state index is 13.3. The molecular formula is C21H25N5O2. The number of methoxy groups -OCH3 is 1. The lowest BCUT2D eigenvalue weighted by molar-refractivity contribution is 0.0981. The number of ether oxygens (including phenoxy) is 1. The summed E-state index contributed by atoms with van der Waals surface area (Å²) < 4.78 is 9.14. The van der Waals surface area contributed by atoms with E-state index in [9.17, 15) is 4.79 Å². The summed E-state index contributed by atoms with van der Waals surface area (Å²) in [7, 11) is 1.62. The predicted molar refractivity (Wildman–Crippen MR) is 108 cm³/mol. The number of amides is 1. The summed E-state index contributed by atoms with van der Waals surface area (Å²) in [6.07, 6.45) is 2.68. The van der Waals surface area contributed by atoms with Crippen molar-refractivity contribution < 1.29 is 9.53 Å². The molecule has 7 heteroatoms. The van der Waals surface area contributed by atoms with Crippen molar-refractivity contribution in [3.8, 4) is 17.0 Å². The van der Waals surface area contributed by atoms with Crippen LogP contribution in [0.15, 0.2) is 36.5 Å². The van der Waals surface area contributed by atoms with Gasteiger partial charge in [-0.25, -0.2) is 4.68 Å². The number of hydrogen-bond acceptors (Lipinski definition) is 4. The normalized spacial score (nSPS) is 13.7. The summed E-state index contributed by atoms with van der Waals surface area (Å²) in [6.45, 7) is 7.66. The fourth-order valence-electron chi connectivity index (χ4n) is 3.79. The molecule has 28 heavy (non-hydrogen) atoms. The largest absolute Gasteiger partial charge is 0.497 e. The summed E-state index contributed by atoms with van der Waals surface area (Å²) in [5, 5.41) is 9.19. The number of hydrogen-bond donors (Lipinski definition) is 0. The first-order valence-electron chi connectivity index (χ1n) is 9.58. The van der Waals surface area contributed by atoms with Gasteiger partial charge < -0.3 is 4.74 Å². The monoisotopic (exact) mass is 379 g/mol. The predicted octanol–water partition coefficient (Wildman–Crippen LogP) is 3.70. The van der Waals surface area contributed by atoms with Gasteiger partial charge in [0.2, 0.25) is 0 Å². The number of fused-ring (bicyclic) bond motifs is 1. The van der Waals surface area contributed by atoms with Crippen molar-refractivity contribution in [2.24, 2.45) is 0 Å². The summed E-state index contributed by atoms with van der Waals surface area (Å²) >= 11 is 0. The van der Waals surface area contributed by atoms with Gasteiger partial charge in [-0.2, -0.15) is 10.2 Å². The van der Waals surface area contributed by atoms with Crippen molar-refractivity contribution in [3.63, 3.8) is 0 Å². The molecule has 0 atom stereocenters. The highest BCUT2D eigenvalue weighted by molar-refractivity contribution is 6.07. The SMILES string of the molecule is COc1ccc(C(=O)N2CCCn3nc(C)c(-c4ccnn4C(C)C)c32)cc1. The molecule has 2 aromatic heterocycles. The van der Waals surface area contributed by atoms with E-state index in [1.165, 1.54) is 0 Å². The van der Waals surface area contributed by atoms with Gasteiger partial charge in [-0.15, -0.1) is 0 Å². The fraction of sp³-hybridized carbons (Fsp3) is 0.381. The second-order valence-corrected chi connectivity index (χ2v) is 7.30. The van der Waals surface area contributed by atoms with Crippen LogP contribution in [0.1, 0.15) is 42.4 Å². The number of benzene rings is 1. The molecule has 1 aliphatic heterocycles. The van der Waals surface area contributed by atoms with E-state index in [-0.39, 0.29) is 11.9 Å². The molecule has 0 aliphatic carbocycles. The molecule has 0 saturated carbocycles. The average Bonchev–Trinajstić information content (AvgIpc) is 3.30. The Balaban J connectivity index is 1.80. The Kier molecular flexibility index (Phi) is 4.66. The Morgan fingerprint density at radius 3 is 2.57 bits per heavy atom. The molecule has 0 fully saturated rings. The molecule has 4 rings (SSSR count). The van der Waals surface area contributed by atoms with Crippen LogP contribution in [0.2, 0.25) is 0 Å². The van der Waals surface area contributed by atoms with Crippen LogP contribution in [0.3, 0.4) is 0 Å². The Hall–Kier alpha value is -3.09. The van der Waals surface area contributed by atoms with E-state index >= 15 is 0 Å². The number of aryl methyl sites for hydroxylation is 2. The van der Waals surface area contributed by atoms with Gasteiger partial charge in [0.1, 0.15) is 11.6 Å². The van der Waals surface area contributed by atoms with Crippen LogP contribution in [0, 0.1) is 6.92 Å². The molecule has 7 nitrogen and oxygen atoms in total. The van der Waals surface area contributed by atoms with E-state index < -0.39 is 0 Å². The minimum Gasteiger partial charge on any atom is -0.497 e. The number of aromatic nitrogens is 4. The second-order valence-electron chi connectivity index (χ2n) is 7.30. The first kappa shape index (κ1) is 18.3. The molecule has 0 radical (unpaired) electrons. The van der Waals surface area contributed by atoms with E-state index in [2.05, 4.69) is 18.9 Å². The van der Waals surface area contributed by atoms with Crippen LogP contribution in [0.4, 0.5) is 5.82 Å². The number of nitrogens with zero attached hydrogens (tertiary/aromatic N) is 5. The third-order valence-electron chi connectivity index (χ3n) is 5.11. The Morgan fingerprint density at radius 1 is 1.14 bits per heavy atom. The zero-order chi connectivity index (χ0) is 19.8. The van der Waals surface area contributed by atoms with Gasteiger partial charge in [0.25, 0.3) is 5.91 Å². The van der Waals surface area contributed by atoms with Crippen LogP contribution in [0.5, 0.6) is 5.75 Å². The van der Waals surface area contributed by atoms with E-state index in [0.717, 1.165) is 41.5 Å². The van der Waals surface area contributed by atoms with Gasteiger partial charge in [-0.1, -0.05) is 0 Å². The zero-order valence-electron chi connectivity index (χ0n) is 16.7. The summed E-state index contributed by atoms with van der Waals surface area (Å²) in [5.41, 5.74) is 3.51. The molecule has 0 saturated heterocycles. The molecule has 3 heterocycles. The summed E-state index contributed by atoms with van der Waals surface area (Å²) in [6, 6.07) is 9.45. The summed E-state index contributed by atoms with van der Waals surface area (Å²) in [5.74, 6) is 1.56. The maximum atomic E-state index is 13.3. The lowest BCUT2D eigenvalue weighted by atomic mass is 10.1. The van der Waals surface area contributed by atoms with Gasteiger partial charge in [0.15, 0.2) is 0 Å². The number of anilines is 1. The lowest BCUT2D eigenvalue weighted by Crippen LogP contribution is -2.38. The molecule has 1 aromatic carbocycles. The minimum absolute atomic E-state index is 0.0274. The molecule has 1 amide bonds. The Morgan fingerprint density at radius 2 is 1.89 bits per heavy atom. The van der Waals surface area contributed by atoms with E-state index in [0.29, 0.717) is 12.1 Å². The molecule has 0 unspecified atom stereocenters. The number of carbonyl (C=O) groups is 1. The fourth-order valence-corrected chi connectivity index (χ4v) is 3.79. The van der Waals surface area contributed by atoms with Crippen molar-refractivity contribution in [3.05, 3.63) is 47.8 Å². The minimum atomic E-state index is -0.0274. The van der Waals surface area contributed by atoms with E-state index in [4.69, 9.17) is 9.84 Å². The van der Waals surface area contributed by atoms with Crippen molar-refractivity contribution in [1.29, 1.82) is 0 Å². The van der Waals surface area contributed by atoms with Crippen molar-refractivity contribution >= 4 is 11.7 Å². The van der Waals surface area contributed by atoms with Gasteiger partial charge >= 0.3 is 0 Å². The third-order valence-corrected chi connectivity index (χ3v) is 5.11. The van der Waals surface area contributed by atoms with Gasteiger partial charge in [-0.3, -0.25) is 14.4 Å². The number of rotatable bonds is 4. The van der Waals surface area contributed by atoms with Gasteiger partial charge in [-0.05, 0) is 57.5 Å².